The van der Waals surface area contributed by atoms with Gasteiger partial charge >= 0.3 is 5.97 Å². The van der Waals surface area contributed by atoms with Gasteiger partial charge < -0.3 is 10.1 Å². The van der Waals surface area contributed by atoms with E-state index in [1.807, 2.05) is 12.1 Å². The van der Waals surface area contributed by atoms with Gasteiger partial charge in [-0.15, -0.1) is 0 Å². The molecule has 1 N–H and O–H groups in total. The second-order valence-electron chi connectivity index (χ2n) is 6.45. The van der Waals surface area contributed by atoms with Crippen LogP contribution in [0.4, 0.5) is 5.69 Å². The Morgan fingerprint density at radius 2 is 1.70 bits per heavy atom. The maximum Gasteiger partial charge on any atom is 0.306 e. The fourth-order valence-corrected chi connectivity index (χ4v) is 2.90. The number of hydrogen-bond donors (Lipinski definition) is 1. The van der Waals surface area contributed by atoms with Crippen LogP contribution in [0, 0.1) is 5.92 Å². The van der Waals surface area contributed by atoms with Gasteiger partial charge in [0.05, 0.1) is 6.42 Å². The Morgan fingerprint density at radius 1 is 0.963 bits per heavy atom. The lowest BCUT2D eigenvalue weighted by Gasteiger charge is -2.08. The molecule has 5 heteroatoms. The molecule has 138 valence electrons. The third kappa shape index (κ3) is 5.38. The van der Waals surface area contributed by atoms with Crippen molar-refractivity contribution in [3.05, 3.63) is 77.9 Å². The fraction of sp³-hybridized carbons (Fsp3) is 0.227. The molecule has 0 saturated heterocycles. The third-order valence-electron chi connectivity index (χ3n) is 4.41. The van der Waals surface area contributed by atoms with Crippen molar-refractivity contribution < 1.29 is 19.1 Å². The Bertz CT molecular complexity index is 840. The first-order chi connectivity index (χ1) is 13.1. The van der Waals surface area contributed by atoms with E-state index in [9.17, 15) is 14.4 Å². The van der Waals surface area contributed by atoms with E-state index < -0.39 is 0 Å². The van der Waals surface area contributed by atoms with Crippen molar-refractivity contribution in [1.82, 2.24) is 0 Å². The van der Waals surface area contributed by atoms with Crippen LogP contribution in [0.3, 0.4) is 0 Å². The van der Waals surface area contributed by atoms with Crippen molar-refractivity contribution in [3.63, 3.8) is 0 Å². The van der Waals surface area contributed by atoms with Gasteiger partial charge in [-0.05, 0) is 55.2 Å². The average molecular weight is 363 g/mol. The summed E-state index contributed by atoms with van der Waals surface area (Å²) in [5, 5.41) is 2.77. The summed E-state index contributed by atoms with van der Waals surface area (Å²) in [5.74, 6) is -0.623. The fourth-order valence-electron chi connectivity index (χ4n) is 2.90. The van der Waals surface area contributed by atoms with Crippen molar-refractivity contribution >= 4 is 23.3 Å². The number of ketones is 1. The van der Waals surface area contributed by atoms with E-state index in [1.165, 1.54) is 0 Å². The molecule has 0 unspecified atom stereocenters. The molecule has 0 radical (unpaired) electrons. The topological polar surface area (TPSA) is 72.5 Å². The van der Waals surface area contributed by atoms with Crippen molar-refractivity contribution in [1.29, 1.82) is 0 Å². The summed E-state index contributed by atoms with van der Waals surface area (Å²) in [6.45, 7) is -0.273. The molecule has 0 aliphatic heterocycles. The molecule has 0 heterocycles. The number of nitrogens with one attached hydrogen (secondary N) is 1. The maximum absolute atomic E-state index is 12.2. The minimum absolute atomic E-state index is 0.218. The minimum atomic E-state index is -0.355. The van der Waals surface area contributed by atoms with Crippen molar-refractivity contribution in [2.24, 2.45) is 5.92 Å². The van der Waals surface area contributed by atoms with E-state index >= 15 is 0 Å². The highest BCUT2D eigenvalue weighted by Gasteiger charge is 2.16. The van der Waals surface area contributed by atoms with Crippen LogP contribution in [-0.2, 0) is 9.53 Å². The highest BCUT2D eigenvalue weighted by molar-refractivity contribution is 6.04. The van der Waals surface area contributed by atoms with Crippen LogP contribution in [0.15, 0.2) is 66.7 Å². The molecule has 1 amide bonds. The summed E-state index contributed by atoms with van der Waals surface area (Å²) in [6.07, 6.45) is 6.34. The van der Waals surface area contributed by atoms with Crippen LogP contribution in [0.2, 0.25) is 0 Å². The summed E-state index contributed by atoms with van der Waals surface area (Å²) >= 11 is 0. The summed E-state index contributed by atoms with van der Waals surface area (Å²) in [7, 11) is 0. The lowest BCUT2D eigenvalue weighted by atomic mass is 10.1. The molecule has 2 aromatic carbocycles. The summed E-state index contributed by atoms with van der Waals surface area (Å²) in [4.78, 5) is 36.1. The average Bonchev–Trinajstić information content (AvgIpc) is 3.20. The third-order valence-corrected chi connectivity index (χ3v) is 4.41. The number of allylic oxidation sites excluding steroid dienone is 2. The molecule has 1 aliphatic carbocycles. The predicted molar refractivity (Wildman–Crippen MR) is 103 cm³/mol. The Labute approximate surface area is 158 Å². The number of ether oxygens (including phenoxy) is 1. The number of rotatable bonds is 7. The van der Waals surface area contributed by atoms with Crippen LogP contribution in [-0.4, -0.2) is 24.3 Å². The van der Waals surface area contributed by atoms with Crippen LogP contribution >= 0.6 is 0 Å². The highest BCUT2D eigenvalue weighted by Crippen LogP contribution is 2.20. The van der Waals surface area contributed by atoms with Gasteiger partial charge in [-0.25, -0.2) is 0 Å². The zero-order valence-corrected chi connectivity index (χ0v) is 14.9. The lowest BCUT2D eigenvalue weighted by Crippen LogP contribution is -2.16. The van der Waals surface area contributed by atoms with E-state index in [0.717, 1.165) is 12.8 Å². The minimum Gasteiger partial charge on any atom is -0.457 e. The molecule has 2 aromatic rings. The molecular weight excluding hydrogens is 342 g/mol. The van der Waals surface area contributed by atoms with Gasteiger partial charge in [0.2, 0.25) is 0 Å². The molecule has 5 nitrogen and oxygen atoms in total. The second-order valence-corrected chi connectivity index (χ2v) is 6.45. The Hall–Kier alpha value is -3.21. The standard InChI is InChI=1S/C22H21NO4/c24-20(15-27-21(25)14-16-6-4-5-7-16)17-10-12-19(13-11-17)23-22(26)18-8-2-1-3-9-18/h1-4,6,8-13,16H,5,7,14-15H2,(H,23,26)/t16-/m1/s1. The largest absolute Gasteiger partial charge is 0.457 e. The summed E-state index contributed by atoms with van der Waals surface area (Å²) in [5.41, 5.74) is 1.58. The van der Waals surface area contributed by atoms with Crippen LogP contribution in [0.1, 0.15) is 40.0 Å². The molecular formula is C22H21NO4. The first-order valence-electron chi connectivity index (χ1n) is 8.94. The first-order valence-corrected chi connectivity index (χ1v) is 8.94. The number of hydrogen-bond acceptors (Lipinski definition) is 4. The number of esters is 1. The highest BCUT2D eigenvalue weighted by atomic mass is 16.5. The smallest absolute Gasteiger partial charge is 0.306 e. The van der Waals surface area contributed by atoms with Crippen molar-refractivity contribution in [3.8, 4) is 0 Å². The van der Waals surface area contributed by atoms with Crippen LogP contribution in [0.5, 0.6) is 0 Å². The Morgan fingerprint density at radius 3 is 2.37 bits per heavy atom. The lowest BCUT2D eigenvalue weighted by molar-refractivity contribution is -0.143. The molecule has 1 aliphatic rings. The number of Topliss-reactive ketones (excluding diaryl/α,β-unsaturated/α-hetero) is 1. The zero-order chi connectivity index (χ0) is 19.1. The summed E-state index contributed by atoms with van der Waals surface area (Å²) in [6, 6.07) is 15.4. The molecule has 0 fully saturated rings. The Kier molecular flexibility index (Phi) is 6.15. The number of anilines is 1. The molecule has 27 heavy (non-hydrogen) atoms. The van der Waals surface area contributed by atoms with Crippen LogP contribution in [0.25, 0.3) is 0 Å². The summed E-state index contributed by atoms with van der Waals surface area (Å²) < 4.78 is 5.08. The number of benzene rings is 2. The molecule has 0 spiro atoms. The molecule has 0 aromatic heterocycles. The molecule has 3 rings (SSSR count). The number of amides is 1. The quantitative estimate of drug-likeness (QED) is 0.458. The Balaban J connectivity index is 1.49. The van der Waals surface area contributed by atoms with E-state index in [2.05, 4.69) is 11.4 Å². The first kappa shape index (κ1) is 18.6. The normalized spacial score (nSPS) is 15.3. The SMILES string of the molecule is O=C(C[C@@H]1C=CCC1)OCC(=O)c1ccc(NC(=O)c2ccccc2)cc1. The van der Waals surface area contributed by atoms with Gasteiger partial charge in [0.25, 0.3) is 5.91 Å². The number of carbonyl (C=O) groups is 3. The van der Waals surface area contributed by atoms with Gasteiger partial charge in [-0.1, -0.05) is 30.4 Å². The van der Waals surface area contributed by atoms with E-state index in [4.69, 9.17) is 4.74 Å². The van der Waals surface area contributed by atoms with Crippen molar-refractivity contribution in [2.45, 2.75) is 19.3 Å². The van der Waals surface area contributed by atoms with Gasteiger partial charge in [0.15, 0.2) is 12.4 Å². The van der Waals surface area contributed by atoms with Crippen LogP contribution < -0.4 is 5.32 Å². The monoisotopic (exact) mass is 363 g/mol. The molecule has 0 saturated carbocycles. The van der Waals surface area contributed by atoms with E-state index in [0.29, 0.717) is 23.2 Å². The van der Waals surface area contributed by atoms with Gasteiger partial charge in [-0.2, -0.15) is 0 Å². The maximum atomic E-state index is 12.2. The van der Waals surface area contributed by atoms with E-state index in [-0.39, 0.29) is 30.2 Å². The second kappa shape index (κ2) is 8.94. The number of carbonyl (C=O) groups excluding carboxylic acids is 3. The molecule has 0 bridgehead atoms. The zero-order valence-electron chi connectivity index (χ0n) is 14.9. The van der Waals surface area contributed by atoms with Gasteiger partial charge in [0, 0.05) is 16.8 Å². The molecule has 1 atom stereocenters. The van der Waals surface area contributed by atoms with Crippen molar-refractivity contribution in [2.75, 3.05) is 11.9 Å². The predicted octanol–water partition coefficient (Wildman–Crippen LogP) is 4.02. The van der Waals surface area contributed by atoms with E-state index in [1.54, 1.807) is 48.5 Å². The van der Waals surface area contributed by atoms with Gasteiger partial charge in [-0.3, -0.25) is 14.4 Å². The van der Waals surface area contributed by atoms with Gasteiger partial charge in [0.1, 0.15) is 0 Å².